The zero-order chi connectivity index (χ0) is 8.81. The fourth-order valence-corrected chi connectivity index (χ4v) is 0.993. The predicted molar refractivity (Wildman–Crippen MR) is 47.2 cm³/mol. The molecule has 12 heavy (non-hydrogen) atoms. The zero-order valence-corrected chi connectivity index (χ0v) is 7.12. The number of rotatable bonds is 4. The molecule has 1 aromatic rings. The van der Waals surface area contributed by atoms with Crippen molar-refractivity contribution in [3.63, 3.8) is 0 Å². The summed E-state index contributed by atoms with van der Waals surface area (Å²) in [5.74, 6) is 0. The number of carbonyl (C=O) groups is 1. The fourth-order valence-electron chi connectivity index (χ4n) is 0.993. The van der Waals surface area contributed by atoms with Crippen molar-refractivity contribution in [3.05, 3.63) is 35.4 Å². The minimum absolute atomic E-state index is 0.519. The lowest BCUT2D eigenvalue weighted by Gasteiger charge is -2.03. The highest BCUT2D eigenvalue weighted by Gasteiger charge is 1.98. The summed E-state index contributed by atoms with van der Waals surface area (Å²) in [4.78, 5) is 10.5. The van der Waals surface area contributed by atoms with Crippen LogP contribution < -0.4 is 0 Å². The zero-order valence-electron chi connectivity index (χ0n) is 7.12. The maximum atomic E-state index is 10.5. The van der Waals surface area contributed by atoms with Gasteiger partial charge in [0.2, 0.25) is 0 Å². The van der Waals surface area contributed by atoms with Crippen molar-refractivity contribution in [2.24, 2.45) is 0 Å². The smallest absolute Gasteiger partial charge is 0.150 e. The molecule has 2 heteroatoms. The Balaban J connectivity index is 2.75. The van der Waals surface area contributed by atoms with Crippen LogP contribution >= 0.6 is 0 Å². The third-order valence-electron chi connectivity index (χ3n) is 1.64. The molecule has 0 aromatic heterocycles. The van der Waals surface area contributed by atoms with Crippen molar-refractivity contribution < 1.29 is 9.53 Å². The monoisotopic (exact) mass is 164 g/mol. The van der Waals surface area contributed by atoms with Crippen molar-refractivity contribution in [2.75, 3.05) is 6.61 Å². The number of benzene rings is 1. The highest BCUT2D eigenvalue weighted by Crippen LogP contribution is 2.06. The summed E-state index contributed by atoms with van der Waals surface area (Å²) in [6.07, 6.45) is 0.856. The van der Waals surface area contributed by atoms with Gasteiger partial charge in [-0.05, 0) is 12.5 Å². The van der Waals surface area contributed by atoms with Crippen LogP contribution in [0.2, 0.25) is 0 Å². The topological polar surface area (TPSA) is 26.3 Å². The Morgan fingerprint density at radius 2 is 2.17 bits per heavy atom. The lowest BCUT2D eigenvalue weighted by Crippen LogP contribution is -1.96. The molecule has 0 amide bonds. The summed E-state index contributed by atoms with van der Waals surface area (Å²) in [5.41, 5.74) is 1.67. The molecule has 0 aliphatic carbocycles. The Hall–Kier alpha value is -1.15. The molecular formula is C10H12O2. The Morgan fingerprint density at radius 3 is 2.83 bits per heavy atom. The van der Waals surface area contributed by atoms with E-state index in [1.54, 1.807) is 6.07 Å². The molecule has 0 unspecified atom stereocenters. The van der Waals surface area contributed by atoms with Gasteiger partial charge in [0.1, 0.15) is 6.29 Å². The third kappa shape index (κ3) is 2.17. The largest absolute Gasteiger partial charge is 0.377 e. The number of hydrogen-bond acceptors (Lipinski definition) is 2. The van der Waals surface area contributed by atoms with Crippen molar-refractivity contribution in [3.8, 4) is 0 Å². The molecule has 0 fully saturated rings. The van der Waals surface area contributed by atoms with Crippen molar-refractivity contribution in [2.45, 2.75) is 13.5 Å². The molecule has 1 aromatic carbocycles. The highest BCUT2D eigenvalue weighted by molar-refractivity contribution is 5.76. The van der Waals surface area contributed by atoms with E-state index < -0.39 is 0 Å². The van der Waals surface area contributed by atoms with Gasteiger partial charge in [0.15, 0.2) is 0 Å². The molecule has 0 N–H and O–H groups in total. The van der Waals surface area contributed by atoms with Crippen LogP contribution in [0.1, 0.15) is 22.8 Å². The molecule has 0 saturated heterocycles. The van der Waals surface area contributed by atoms with E-state index in [-0.39, 0.29) is 0 Å². The molecule has 0 aliphatic heterocycles. The van der Waals surface area contributed by atoms with Crippen LogP contribution in [0.4, 0.5) is 0 Å². The van der Waals surface area contributed by atoms with E-state index >= 15 is 0 Å². The summed E-state index contributed by atoms with van der Waals surface area (Å²) in [5, 5.41) is 0. The van der Waals surface area contributed by atoms with Crippen molar-refractivity contribution in [1.29, 1.82) is 0 Å². The first-order chi connectivity index (χ1) is 5.88. The van der Waals surface area contributed by atoms with Gasteiger partial charge < -0.3 is 4.74 Å². The summed E-state index contributed by atoms with van der Waals surface area (Å²) in [6, 6.07) is 7.45. The van der Waals surface area contributed by atoms with Crippen molar-refractivity contribution in [1.82, 2.24) is 0 Å². The van der Waals surface area contributed by atoms with Crippen LogP contribution in [-0.4, -0.2) is 12.9 Å². The van der Waals surface area contributed by atoms with Gasteiger partial charge in [0.05, 0.1) is 6.61 Å². The third-order valence-corrected chi connectivity index (χ3v) is 1.64. The van der Waals surface area contributed by atoms with Crippen LogP contribution in [0, 0.1) is 0 Å². The second-order valence-electron chi connectivity index (χ2n) is 2.45. The average Bonchev–Trinajstić information content (AvgIpc) is 2.15. The first kappa shape index (κ1) is 8.94. The molecule has 0 bridgehead atoms. The van der Waals surface area contributed by atoms with E-state index in [2.05, 4.69) is 0 Å². The van der Waals surface area contributed by atoms with Gasteiger partial charge in [-0.3, -0.25) is 4.79 Å². The molecule has 64 valence electrons. The number of hydrogen-bond donors (Lipinski definition) is 0. The summed E-state index contributed by atoms with van der Waals surface area (Å²) >= 11 is 0. The molecular weight excluding hydrogens is 152 g/mol. The molecule has 0 saturated carbocycles. The Kier molecular flexibility index (Phi) is 3.48. The predicted octanol–water partition coefficient (Wildman–Crippen LogP) is 2.04. The van der Waals surface area contributed by atoms with Crippen LogP contribution in [0.25, 0.3) is 0 Å². The van der Waals surface area contributed by atoms with Gasteiger partial charge in [-0.15, -0.1) is 0 Å². The van der Waals surface area contributed by atoms with Crippen LogP contribution in [0.5, 0.6) is 0 Å². The van der Waals surface area contributed by atoms with Crippen molar-refractivity contribution >= 4 is 6.29 Å². The van der Waals surface area contributed by atoms with E-state index in [0.29, 0.717) is 18.8 Å². The molecule has 2 nitrogen and oxygen atoms in total. The van der Waals surface area contributed by atoms with Gasteiger partial charge in [-0.2, -0.15) is 0 Å². The summed E-state index contributed by atoms with van der Waals surface area (Å²) in [7, 11) is 0. The maximum absolute atomic E-state index is 10.5. The molecule has 0 radical (unpaired) electrons. The number of carbonyl (C=O) groups excluding carboxylic acids is 1. The first-order valence-corrected chi connectivity index (χ1v) is 3.99. The molecule has 0 spiro atoms. The molecule has 0 aliphatic rings. The second kappa shape index (κ2) is 4.67. The SMILES string of the molecule is CCOCc1ccccc1C=O. The van der Waals surface area contributed by atoms with E-state index in [9.17, 15) is 4.79 Å². The lowest BCUT2D eigenvalue weighted by molar-refractivity contribution is 0.110. The number of ether oxygens (including phenoxy) is 1. The normalized spacial score (nSPS) is 9.75. The highest BCUT2D eigenvalue weighted by atomic mass is 16.5. The standard InChI is InChI=1S/C10H12O2/c1-2-12-8-10-6-4-3-5-9(10)7-11/h3-7H,2,8H2,1H3. The lowest BCUT2D eigenvalue weighted by atomic mass is 10.1. The molecule has 0 atom stereocenters. The van der Waals surface area contributed by atoms with Gasteiger partial charge in [0.25, 0.3) is 0 Å². The molecule has 0 heterocycles. The van der Waals surface area contributed by atoms with Gasteiger partial charge >= 0.3 is 0 Å². The van der Waals surface area contributed by atoms with Crippen LogP contribution in [0.3, 0.4) is 0 Å². The average molecular weight is 164 g/mol. The number of aldehydes is 1. The van der Waals surface area contributed by atoms with E-state index in [1.165, 1.54) is 0 Å². The second-order valence-corrected chi connectivity index (χ2v) is 2.45. The van der Waals surface area contributed by atoms with Gasteiger partial charge in [-0.1, -0.05) is 24.3 Å². The Morgan fingerprint density at radius 1 is 1.42 bits per heavy atom. The van der Waals surface area contributed by atoms with E-state index in [0.717, 1.165) is 11.8 Å². The summed E-state index contributed by atoms with van der Waals surface area (Å²) < 4.78 is 5.20. The minimum Gasteiger partial charge on any atom is -0.377 e. The van der Waals surface area contributed by atoms with Crippen LogP contribution in [0.15, 0.2) is 24.3 Å². The quantitative estimate of drug-likeness (QED) is 0.636. The summed E-state index contributed by atoms with van der Waals surface area (Å²) in [6.45, 7) is 3.13. The fraction of sp³-hybridized carbons (Fsp3) is 0.300. The first-order valence-electron chi connectivity index (χ1n) is 3.99. The Bertz CT molecular complexity index is 256. The minimum atomic E-state index is 0.519. The van der Waals surface area contributed by atoms with Gasteiger partial charge in [-0.25, -0.2) is 0 Å². The van der Waals surface area contributed by atoms with Gasteiger partial charge in [0, 0.05) is 12.2 Å². The maximum Gasteiger partial charge on any atom is 0.150 e. The van der Waals surface area contributed by atoms with Crippen LogP contribution in [-0.2, 0) is 11.3 Å². The van der Waals surface area contributed by atoms with E-state index in [4.69, 9.17) is 4.74 Å². The molecule has 1 rings (SSSR count). The van der Waals surface area contributed by atoms with E-state index in [1.807, 2.05) is 25.1 Å². The Labute approximate surface area is 72.2 Å².